The molecule has 0 spiro atoms. The number of hydrogen-bond acceptors (Lipinski definition) is 2. The van der Waals surface area contributed by atoms with Crippen molar-refractivity contribution in [1.82, 2.24) is 19.1 Å². The molecular weight excluding hydrogens is 681 g/mol. The molecule has 0 unspecified atom stereocenters. The highest BCUT2D eigenvalue weighted by atomic mass is 15.0. The average Bonchev–Trinajstić information content (AvgIpc) is 3.76. The summed E-state index contributed by atoms with van der Waals surface area (Å²) in [4.78, 5) is 10.9. The summed E-state index contributed by atoms with van der Waals surface area (Å²) in [6, 6.07) is 61.6. The van der Waals surface area contributed by atoms with Crippen LogP contribution in [0.25, 0.3) is 110 Å². The van der Waals surface area contributed by atoms with E-state index in [1.54, 1.807) is 0 Å². The zero-order valence-corrected chi connectivity index (χ0v) is 31.4. The SMILES string of the molecule is CCn1c2ccccc2c2cc(-c3cc(-c4ccccc4)c4cc5c(-c6ccccc6)cc(-c6ccc7c(c6)c6ccccc6n7CC)nc5cc4n3)ccc21. The van der Waals surface area contributed by atoms with Gasteiger partial charge in [-0.1, -0.05) is 109 Å². The summed E-state index contributed by atoms with van der Waals surface area (Å²) in [5, 5.41) is 7.25. The highest BCUT2D eigenvalue weighted by molar-refractivity contribution is 6.12. The van der Waals surface area contributed by atoms with E-state index in [4.69, 9.17) is 9.97 Å². The molecule has 4 aromatic heterocycles. The molecule has 0 bridgehead atoms. The number of rotatable bonds is 6. The second-order valence-corrected chi connectivity index (χ2v) is 14.7. The number of pyridine rings is 2. The summed E-state index contributed by atoms with van der Waals surface area (Å²) in [6.07, 6.45) is 0. The Morgan fingerprint density at radius 1 is 0.339 bits per heavy atom. The molecule has 4 heteroatoms. The van der Waals surface area contributed by atoms with Crippen LogP contribution in [0.5, 0.6) is 0 Å². The maximum Gasteiger partial charge on any atom is 0.0737 e. The van der Waals surface area contributed by atoms with Gasteiger partial charge in [-0.15, -0.1) is 0 Å². The number of benzene rings is 7. The van der Waals surface area contributed by atoms with Gasteiger partial charge in [-0.3, -0.25) is 0 Å². The van der Waals surface area contributed by atoms with Crippen molar-refractivity contribution < 1.29 is 0 Å². The lowest BCUT2D eigenvalue weighted by atomic mass is 9.93. The Balaban J connectivity index is 1.17. The fourth-order valence-electron chi connectivity index (χ4n) is 9.06. The molecule has 0 N–H and O–H groups in total. The van der Waals surface area contributed by atoms with Crippen molar-refractivity contribution >= 4 is 65.4 Å². The van der Waals surface area contributed by atoms with E-state index in [9.17, 15) is 0 Å². The summed E-state index contributed by atoms with van der Waals surface area (Å²) in [6.45, 7) is 6.26. The number of nitrogens with zero attached hydrogens (tertiary/aromatic N) is 4. The van der Waals surface area contributed by atoms with E-state index in [1.807, 2.05) is 0 Å². The second-order valence-electron chi connectivity index (χ2n) is 14.7. The van der Waals surface area contributed by atoms with Gasteiger partial charge < -0.3 is 9.13 Å². The Morgan fingerprint density at radius 2 is 0.750 bits per heavy atom. The molecule has 0 aliphatic heterocycles. The molecule has 4 heterocycles. The smallest absolute Gasteiger partial charge is 0.0737 e. The van der Waals surface area contributed by atoms with Crippen LogP contribution in [0.3, 0.4) is 0 Å². The number of para-hydroxylation sites is 2. The van der Waals surface area contributed by atoms with Crippen molar-refractivity contribution in [1.29, 1.82) is 0 Å². The molecule has 0 saturated heterocycles. The molecule has 0 saturated carbocycles. The monoisotopic (exact) mass is 718 g/mol. The van der Waals surface area contributed by atoms with Crippen molar-refractivity contribution in [2.24, 2.45) is 0 Å². The number of fused-ring (bicyclic) bond motifs is 8. The summed E-state index contributed by atoms with van der Waals surface area (Å²) in [5.41, 5.74) is 15.6. The Bertz CT molecular complexity index is 3100. The lowest BCUT2D eigenvalue weighted by molar-refractivity contribution is 0.827. The van der Waals surface area contributed by atoms with Crippen molar-refractivity contribution in [2.45, 2.75) is 26.9 Å². The molecule has 56 heavy (non-hydrogen) atoms. The van der Waals surface area contributed by atoms with Gasteiger partial charge in [-0.25, -0.2) is 9.97 Å². The van der Waals surface area contributed by atoms with Crippen LogP contribution in [0.15, 0.2) is 170 Å². The highest BCUT2D eigenvalue weighted by Gasteiger charge is 2.18. The maximum atomic E-state index is 5.44. The van der Waals surface area contributed by atoms with Crippen LogP contribution >= 0.6 is 0 Å². The van der Waals surface area contributed by atoms with Gasteiger partial charge in [0, 0.05) is 78.6 Å². The van der Waals surface area contributed by atoms with E-state index in [0.717, 1.165) is 79.7 Å². The third-order valence-electron chi connectivity index (χ3n) is 11.7. The molecule has 7 aromatic carbocycles. The zero-order valence-electron chi connectivity index (χ0n) is 31.4. The lowest BCUT2D eigenvalue weighted by Gasteiger charge is -2.15. The molecule has 0 aliphatic rings. The van der Waals surface area contributed by atoms with Gasteiger partial charge in [0.1, 0.15) is 0 Å². The molecule has 4 nitrogen and oxygen atoms in total. The van der Waals surface area contributed by atoms with Gasteiger partial charge in [-0.05, 0) is 96.8 Å². The maximum absolute atomic E-state index is 5.44. The van der Waals surface area contributed by atoms with Crippen LogP contribution in [-0.4, -0.2) is 19.1 Å². The van der Waals surface area contributed by atoms with Crippen LogP contribution in [0.4, 0.5) is 0 Å². The third-order valence-corrected chi connectivity index (χ3v) is 11.7. The standard InChI is InChI=1S/C52H38N4/c1-3-55-49-21-13-11-19-37(49)43-27-35(23-25-51(43)55)45-30-39(33-15-7-5-8-16-33)41-29-42-40(34-17-9-6-10-18-34)31-46(54-48(42)32-47(41)53-45)36-24-26-52-44(28-36)38-20-12-14-22-50(38)56(52)4-2/h5-32H,3-4H2,1-2H3. The molecule has 0 atom stereocenters. The second kappa shape index (κ2) is 12.8. The summed E-state index contributed by atoms with van der Waals surface area (Å²) in [5.74, 6) is 0. The largest absolute Gasteiger partial charge is 0.341 e. The zero-order chi connectivity index (χ0) is 37.3. The summed E-state index contributed by atoms with van der Waals surface area (Å²) < 4.78 is 4.80. The molecule has 0 aliphatic carbocycles. The molecule has 0 radical (unpaired) electrons. The minimum atomic E-state index is 0.915. The normalized spacial score (nSPS) is 11.9. The quantitative estimate of drug-likeness (QED) is 0.160. The van der Waals surface area contributed by atoms with Crippen LogP contribution in [0.1, 0.15) is 13.8 Å². The van der Waals surface area contributed by atoms with E-state index in [0.29, 0.717) is 0 Å². The first-order chi connectivity index (χ1) is 27.7. The lowest BCUT2D eigenvalue weighted by Crippen LogP contribution is -1.95. The van der Waals surface area contributed by atoms with Crippen LogP contribution in [0.2, 0.25) is 0 Å². The van der Waals surface area contributed by atoms with E-state index in [2.05, 4.69) is 193 Å². The van der Waals surface area contributed by atoms with Gasteiger partial charge in [0.15, 0.2) is 0 Å². The Labute approximate surface area is 324 Å². The molecule has 0 fully saturated rings. The Kier molecular flexibility index (Phi) is 7.39. The van der Waals surface area contributed by atoms with Crippen molar-refractivity contribution in [2.75, 3.05) is 0 Å². The molecule has 11 rings (SSSR count). The fourth-order valence-corrected chi connectivity index (χ4v) is 9.06. The minimum Gasteiger partial charge on any atom is -0.341 e. The molecule has 0 amide bonds. The molecule has 266 valence electrons. The van der Waals surface area contributed by atoms with Crippen LogP contribution in [-0.2, 0) is 13.1 Å². The number of hydrogen-bond donors (Lipinski definition) is 0. The Morgan fingerprint density at radius 3 is 1.20 bits per heavy atom. The number of aryl methyl sites for hydroxylation is 2. The first-order valence-corrected chi connectivity index (χ1v) is 19.6. The first-order valence-electron chi connectivity index (χ1n) is 19.6. The van der Waals surface area contributed by atoms with Crippen LogP contribution in [0, 0.1) is 0 Å². The van der Waals surface area contributed by atoms with E-state index >= 15 is 0 Å². The molecular formula is C52H38N4. The fraction of sp³-hybridized carbons (Fsp3) is 0.0769. The highest BCUT2D eigenvalue weighted by Crippen LogP contribution is 2.41. The van der Waals surface area contributed by atoms with Gasteiger partial charge in [0.2, 0.25) is 0 Å². The summed E-state index contributed by atoms with van der Waals surface area (Å²) >= 11 is 0. The van der Waals surface area contributed by atoms with Gasteiger partial charge in [0.25, 0.3) is 0 Å². The molecule has 11 aromatic rings. The van der Waals surface area contributed by atoms with Crippen molar-refractivity contribution in [3.05, 3.63) is 170 Å². The predicted octanol–water partition coefficient (Wildman–Crippen LogP) is 13.7. The van der Waals surface area contributed by atoms with E-state index in [1.165, 1.54) is 43.6 Å². The van der Waals surface area contributed by atoms with Crippen molar-refractivity contribution in [3.8, 4) is 44.8 Å². The number of aromatic nitrogens is 4. The van der Waals surface area contributed by atoms with Gasteiger partial charge in [0.05, 0.1) is 22.4 Å². The van der Waals surface area contributed by atoms with E-state index in [-0.39, 0.29) is 0 Å². The minimum absolute atomic E-state index is 0.915. The topological polar surface area (TPSA) is 35.6 Å². The summed E-state index contributed by atoms with van der Waals surface area (Å²) in [7, 11) is 0. The first kappa shape index (κ1) is 32.4. The van der Waals surface area contributed by atoms with E-state index < -0.39 is 0 Å². The van der Waals surface area contributed by atoms with Crippen molar-refractivity contribution in [3.63, 3.8) is 0 Å². The third kappa shape index (κ3) is 4.99. The average molecular weight is 719 g/mol. The van der Waals surface area contributed by atoms with Crippen LogP contribution < -0.4 is 0 Å². The van der Waals surface area contributed by atoms with Gasteiger partial charge in [-0.2, -0.15) is 0 Å². The van der Waals surface area contributed by atoms with Gasteiger partial charge >= 0.3 is 0 Å². The predicted molar refractivity (Wildman–Crippen MR) is 236 cm³/mol. The Hall–Kier alpha value is -7.04.